The van der Waals surface area contributed by atoms with E-state index in [0.717, 1.165) is 12.8 Å². The molecular weight excluding hydrogens is 362 g/mol. The van der Waals surface area contributed by atoms with Crippen molar-refractivity contribution >= 4 is 21.8 Å². The summed E-state index contributed by atoms with van der Waals surface area (Å²) in [5.41, 5.74) is 3.43. The standard InChI is InChI=1S/C21H22BrNO/c1-20(2)19(24)23(14-15-8-4-3-5-9-15)21(20)13-12-16-10-6-7-11-17(16)18(21)22/h3-11,18H,12-14H2,1-2H3. The Kier molecular flexibility index (Phi) is 3.61. The van der Waals surface area contributed by atoms with Crippen LogP contribution in [0.25, 0.3) is 0 Å². The van der Waals surface area contributed by atoms with Crippen molar-refractivity contribution < 1.29 is 4.79 Å². The van der Waals surface area contributed by atoms with E-state index in [1.165, 1.54) is 16.7 Å². The fraction of sp³-hybridized carbons (Fsp3) is 0.381. The van der Waals surface area contributed by atoms with E-state index in [2.05, 4.69) is 71.1 Å². The Labute approximate surface area is 152 Å². The number of β-lactam (4-membered cyclic amide) rings is 1. The lowest BCUT2D eigenvalue weighted by atomic mass is 9.55. The third-order valence-electron chi connectivity index (χ3n) is 6.05. The van der Waals surface area contributed by atoms with Crippen molar-refractivity contribution in [2.45, 2.75) is 43.6 Å². The van der Waals surface area contributed by atoms with E-state index in [0.29, 0.717) is 6.54 Å². The Morgan fingerprint density at radius 1 is 1.08 bits per heavy atom. The smallest absolute Gasteiger partial charge is 0.231 e. The van der Waals surface area contributed by atoms with Crippen LogP contribution in [0.3, 0.4) is 0 Å². The summed E-state index contributed by atoms with van der Waals surface area (Å²) in [7, 11) is 0. The van der Waals surface area contributed by atoms with Gasteiger partial charge in [0, 0.05) is 6.54 Å². The number of hydrogen-bond acceptors (Lipinski definition) is 1. The maximum absolute atomic E-state index is 12.9. The van der Waals surface area contributed by atoms with Crippen LogP contribution in [0.1, 0.15) is 41.8 Å². The van der Waals surface area contributed by atoms with E-state index in [1.54, 1.807) is 0 Å². The van der Waals surface area contributed by atoms with Crippen molar-refractivity contribution in [1.29, 1.82) is 0 Å². The average molecular weight is 384 g/mol. The largest absolute Gasteiger partial charge is 0.330 e. The second-order valence-corrected chi connectivity index (χ2v) is 8.40. The number of nitrogens with zero attached hydrogens (tertiary/aromatic N) is 1. The number of likely N-dealkylation sites (tertiary alicyclic amines) is 1. The number of carbonyl (C=O) groups is 1. The predicted octanol–water partition coefficient (Wildman–Crippen LogP) is 4.88. The minimum absolute atomic E-state index is 0.158. The molecule has 1 spiro atoms. The lowest BCUT2D eigenvalue weighted by Gasteiger charge is -2.66. The molecule has 3 heteroatoms. The molecule has 1 fully saturated rings. The van der Waals surface area contributed by atoms with Crippen molar-refractivity contribution in [3.05, 3.63) is 71.3 Å². The molecule has 4 rings (SSSR count). The summed E-state index contributed by atoms with van der Waals surface area (Å²) in [5.74, 6) is 0.259. The quantitative estimate of drug-likeness (QED) is 0.534. The van der Waals surface area contributed by atoms with Gasteiger partial charge >= 0.3 is 0 Å². The Balaban J connectivity index is 1.75. The van der Waals surface area contributed by atoms with Gasteiger partial charge in [-0.1, -0.05) is 70.5 Å². The molecule has 1 heterocycles. The summed E-state index contributed by atoms with van der Waals surface area (Å²) >= 11 is 3.98. The van der Waals surface area contributed by atoms with E-state index >= 15 is 0 Å². The monoisotopic (exact) mass is 383 g/mol. The minimum Gasteiger partial charge on any atom is -0.330 e. The van der Waals surface area contributed by atoms with Gasteiger partial charge in [-0.3, -0.25) is 4.79 Å². The van der Waals surface area contributed by atoms with Crippen LogP contribution in [0, 0.1) is 5.41 Å². The van der Waals surface area contributed by atoms with E-state index in [9.17, 15) is 4.79 Å². The van der Waals surface area contributed by atoms with Crippen LogP contribution in [0.5, 0.6) is 0 Å². The number of alkyl halides is 1. The van der Waals surface area contributed by atoms with E-state index in [1.807, 2.05) is 18.2 Å². The normalized spacial score (nSPS) is 27.7. The molecular formula is C21H22BrNO. The predicted molar refractivity (Wildman–Crippen MR) is 99.9 cm³/mol. The van der Waals surface area contributed by atoms with Gasteiger partial charge < -0.3 is 4.90 Å². The SMILES string of the molecule is CC1(C)C(=O)N(Cc2ccccc2)C12CCc1ccccc1C2Br. The second-order valence-electron chi connectivity index (χ2n) is 7.49. The van der Waals surface area contributed by atoms with Crippen LogP contribution in [-0.4, -0.2) is 16.3 Å². The second kappa shape index (κ2) is 5.45. The minimum atomic E-state index is -0.344. The first kappa shape index (κ1) is 15.9. The zero-order valence-electron chi connectivity index (χ0n) is 14.1. The Morgan fingerprint density at radius 2 is 1.75 bits per heavy atom. The number of rotatable bonds is 2. The first-order valence-electron chi connectivity index (χ1n) is 8.56. The molecule has 0 N–H and O–H groups in total. The summed E-state index contributed by atoms with van der Waals surface area (Å²) in [6.07, 6.45) is 2.03. The first-order chi connectivity index (χ1) is 11.5. The van der Waals surface area contributed by atoms with Gasteiger partial charge in [0.1, 0.15) is 0 Å². The van der Waals surface area contributed by atoms with Crippen molar-refractivity contribution in [1.82, 2.24) is 4.90 Å². The van der Waals surface area contributed by atoms with Gasteiger partial charge in [0.15, 0.2) is 0 Å². The molecule has 1 amide bonds. The van der Waals surface area contributed by atoms with Crippen LogP contribution < -0.4 is 0 Å². The summed E-state index contributed by atoms with van der Waals surface area (Å²) < 4.78 is 0. The van der Waals surface area contributed by atoms with Crippen LogP contribution in [-0.2, 0) is 17.8 Å². The molecule has 0 saturated carbocycles. The fourth-order valence-corrected chi connectivity index (χ4v) is 6.08. The van der Waals surface area contributed by atoms with Gasteiger partial charge in [0.25, 0.3) is 0 Å². The van der Waals surface area contributed by atoms with Crippen LogP contribution >= 0.6 is 15.9 Å². The number of hydrogen-bond donors (Lipinski definition) is 0. The summed E-state index contributed by atoms with van der Waals surface area (Å²) in [6, 6.07) is 18.9. The number of amides is 1. The number of halogens is 1. The topological polar surface area (TPSA) is 20.3 Å². The summed E-state index contributed by atoms with van der Waals surface area (Å²) in [4.78, 5) is 15.2. The van der Waals surface area contributed by atoms with Crippen LogP contribution in [0.4, 0.5) is 0 Å². The van der Waals surface area contributed by atoms with Gasteiger partial charge in [-0.2, -0.15) is 0 Å². The van der Waals surface area contributed by atoms with Gasteiger partial charge in [-0.15, -0.1) is 0 Å². The van der Waals surface area contributed by atoms with E-state index < -0.39 is 0 Å². The molecule has 2 aliphatic rings. The number of aryl methyl sites for hydroxylation is 1. The highest BCUT2D eigenvalue weighted by Gasteiger charge is 2.69. The first-order valence-corrected chi connectivity index (χ1v) is 9.48. The van der Waals surface area contributed by atoms with E-state index in [-0.39, 0.29) is 21.7 Å². The van der Waals surface area contributed by atoms with Gasteiger partial charge in [0.2, 0.25) is 5.91 Å². The molecule has 2 unspecified atom stereocenters. The Morgan fingerprint density at radius 3 is 2.50 bits per heavy atom. The molecule has 0 radical (unpaired) electrons. The molecule has 2 aromatic rings. The lowest BCUT2D eigenvalue weighted by molar-refractivity contribution is -0.193. The highest BCUT2D eigenvalue weighted by atomic mass is 79.9. The van der Waals surface area contributed by atoms with Crippen LogP contribution in [0.2, 0.25) is 0 Å². The molecule has 124 valence electrons. The van der Waals surface area contributed by atoms with Gasteiger partial charge in [-0.05, 0) is 43.4 Å². The summed E-state index contributed by atoms with van der Waals surface area (Å²) in [6.45, 7) is 4.91. The Bertz CT molecular complexity index is 785. The molecule has 1 aliphatic carbocycles. The molecule has 2 nitrogen and oxygen atoms in total. The molecule has 2 atom stereocenters. The van der Waals surface area contributed by atoms with Gasteiger partial charge in [-0.25, -0.2) is 0 Å². The molecule has 1 saturated heterocycles. The van der Waals surface area contributed by atoms with Crippen molar-refractivity contribution in [3.63, 3.8) is 0 Å². The molecule has 0 bridgehead atoms. The zero-order chi connectivity index (χ0) is 16.9. The third kappa shape index (κ3) is 1.97. The zero-order valence-corrected chi connectivity index (χ0v) is 15.7. The fourth-order valence-electron chi connectivity index (χ4n) is 4.59. The number of fused-ring (bicyclic) bond motifs is 1. The van der Waals surface area contributed by atoms with Crippen LogP contribution in [0.15, 0.2) is 54.6 Å². The number of carbonyl (C=O) groups excluding carboxylic acids is 1. The molecule has 1 aliphatic heterocycles. The molecule has 0 aromatic heterocycles. The van der Waals surface area contributed by atoms with Crippen molar-refractivity contribution in [3.8, 4) is 0 Å². The molecule has 2 aromatic carbocycles. The van der Waals surface area contributed by atoms with Gasteiger partial charge in [0.05, 0.1) is 15.8 Å². The maximum atomic E-state index is 12.9. The lowest BCUT2D eigenvalue weighted by Crippen LogP contribution is -2.77. The van der Waals surface area contributed by atoms with Crippen molar-refractivity contribution in [2.24, 2.45) is 5.41 Å². The highest BCUT2D eigenvalue weighted by molar-refractivity contribution is 9.09. The van der Waals surface area contributed by atoms with E-state index in [4.69, 9.17) is 0 Å². The maximum Gasteiger partial charge on any atom is 0.231 e. The average Bonchev–Trinajstić information content (AvgIpc) is 2.61. The highest BCUT2D eigenvalue weighted by Crippen LogP contribution is 2.62. The van der Waals surface area contributed by atoms with Crippen molar-refractivity contribution in [2.75, 3.05) is 0 Å². The summed E-state index contributed by atoms with van der Waals surface area (Å²) in [5, 5.41) is 0. The Hall–Kier alpha value is -1.61. The molecule has 24 heavy (non-hydrogen) atoms. The third-order valence-corrected chi connectivity index (χ3v) is 7.30. The number of benzene rings is 2.